The molecule has 2 fully saturated rings. The van der Waals surface area contributed by atoms with E-state index in [-0.39, 0.29) is 24.9 Å². The van der Waals surface area contributed by atoms with Crippen molar-refractivity contribution < 1.29 is 9.53 Å². The van der Waals surface area contributed by atoms with E-state index in [1.54, 1.807) is 0 Å². The first-order chi connectivity index (χ1) is 8.34. The first kappa shape index (κ1) is 15.7. The summed E-state index contributed by atoms with van der Waals surface area (Å²) in [6.45, 7) is 3.18. The van der Waals surface area contributed by atoms with Gasteiger partial charge in [0.1, 0.15) is 6.61 Å². The summed E-state index contributed by atoms with van der Waals surface area (Å²) in [5, 5.41) is 6.33. The molecule has 1 atom stereocenters. The van der Waals surface area contributed by atoms with Gasteiger partial charge in [-0.3, -0.25) is 4.79 Å². The number of halogens is 1. The third-order valence-electron chi connectivity index (χ3n) is 3.74. The minimum absolute atomic E-state index is 0. The lowest BCUT2D eigenvalue weighted by atomic mass is 10.00. The number of nitrogens with one attached hydrogen (secondary N) is 2. The van der Waals surface area contributed by atoms with E-state index in [2.05, 4.69) is 10.6 Å². The van der Waals surface area contributed by atoms with Gasteiger partial charge in [0.2, 0.25) is 5.91 Å². The maximum Gasteiger partial charge on any atom is 0.246 e. The van der Waals surface area contributed by atoms with E-state index in [9.17, 15) is 4.79 Å². The average molecular weight is 277 g/mol. The molecule has 18 heavy (non-hydrogen) atoms. The number of hydrogen-bond acceptors (Lipinski definition) is 3. The van der Waals surface area contributed by atoms with Crippen LogP contribution in [0.2, 0.25) is 0 Å². The van der Waals surface area contributed by atoms with Crippen LogP contribution in [-0.4, -0.2) is 38.3 Å². The van der Waals surface area contributed by atoms with Gasteiger partial charge in [-0.25, -0.2) is 0 Å². The molecule has 0 aromatic carbocycles. The second kappa shape index (κ2) is 8.73. The largest absolute Gasteiger partial charge is 0.368 e. The number of hydrogen-bond donors (Lipinski definition) is 2. The van der Waals surface area contributed by atoms with E-state index >= 15 is 0 Å². The molecule has 106 valence electrons. The summed E-state index contributed by atoms with van der Waals surface area (Å²) in [5.41, 5.74) is 0. The van der Waals surface area contributed by atoms with Gasteiger partial charge in [-0.05, 0) is 44.7 Å². The summed E-state index contributed by atoms with van der Waals surface area (Å²) in [5.74, 6) is 0.640. The van der Waals surface area contributed by atoms with E-state index in [0.717, 1.165) is 32.5 Å². The van der Waals surface area contributed by atoms with Crippen LogP contribution in [0, 0.1) is 5.92 Å². The molecule has 1 aliphatic heterocycles. The van der Waals surface area contributed by atoms with E-state index in [0.29, 0.717) is 12.0 Å². The fourth-order valence-electron chi connectivity index (χ4n) is 2.66. The van der Waals surface area contributed by atoms with Crippen LogP contribution in [0.3, 0.4) is 0 Å². The molecule has 1 saturated carbocycles. The Hall–Kier alpha value is -0.320. The average Bonchev–Trinajstić information content (AvgIpc) is 2.88. The molecule has 2 rings (SSSR count). The van der Waals surface area contributed by atoms with Gasteiger partial charge >= 0.3 is 0 Å². The fraction of sp³-hybridized carbons (Fsp3) is 0.923. The third kappa shape index (κ3) is 5.55. The van der Waals surface area contributed by atoms with Crippen molar-refractivity contribution >= 4 is 18.3 Å². The van der Waals surface area contributed by atoms with Gasteiger partial charge < -0.3 is 15.4 Å². The molecule has 1 amide bonds. The van der Waals surface area contributed by atoms with E-state index in [4.69, 9.17) is 4.74 Å². The summed E-state index contributed by atoms with van der Waals surface area (Å²) < 4.78 is 5.58. The Labute approximate surface area is 116 Å². The topological polar surface area (TPSA) is 50.4 Å². The Morgan fingerprint density at radius 1 is 1.22 bits per heavy atom. The standard InChI is InChI=1S/C13H24N2O2.ClH/c16-13(10-17-12-5-1-2-6-12)15-9-11-4-3-7-14-8-11;/h11-12,14H,1-10H2,(H,15,16);1H. The zero-order chi connectivity index (χ0) is 11.9. The van der Waals surface area contributed by atoms with Crippen LogP contribution in [0.1, 0.15) is 38.5 Å². The quantitative estimate of drug-likeness (QED) is 0.800. The molecular formula is C13H25ClN2O2. The van der Waals surface area contributed by atoms with Crippen molar-refractivity contribution in [2.75, 3.05) is 26.2 Å². The van der Waals surface area contributed by atoms with Gasteiger partial charge in [0.25, 0.3) is 0 Å². The zero-order valence-corrected chi connectivity index (χ0v) is 11.8. The van der Waals surface area contributed by atoms with Gasteiger partial charge in [-0.2, -0.15) is 0 Å². The Balaban J connectivity index is 0.00000162. The van der Waals surface area contributed by atoms with Crippen molar-refractivity contribution in [1.29, 1.82) is 0 Å². The molecule has 0 radical (unpaired) electrons. The zero-order valence-electron chi connectivity index (χ0n) is 11.0. The van der Waals surface area contributed by atoms with Gasteiger partial charge in [0, 0.05) is 6.54 Å². The predicted octanol–water partition coefficient (Wildman–Crippen LogP) is 1.48. The van der Waals surface area contributed by atoms with Gasteiger partial charge in [-0.1, -0.05) is 12.8 Å². The molecule has 0 bridgehead atoms. The molecular weight excluding hydrogens is 252 g/mol. The smallest absolute Gasteiger partial charge is 0.246 e. The second-order valence-corrected chi connectivity index (χ2v) is 5.23. The van der Waals surface area contributed by atoms with E-state index in [1.165, 1.54) is 25.7 Å². The molecule has 0 aromatic rings. The molecule has 1 heterocycles. The van der Waals surface area contributed by atoms with Crippen molar-refractivity contribution in [1.82, 2.24) is 10.6 Å². The third-order valence-corrected chi connectivity index (χ3v) is 3.74. The number of rotatable bonds is 5. The lowest BCUT2D eigenvalue weighted by Crippen LogP contribution is -2.39. The monoisotopic (exact) mass is 276 g/mol. The Bertz CT molecular complexity index is 239. The number of ether oxygens (including phenoxy) is 1. The molecule has 2 N–H and O–H groups in total. The number of carbonyl (C=O) groups is 1. The van der Waals surface area contributed by atoms with Crippen LogP contribution in [0.5, 0.6) is 0 Å². The molecule has 5 heteroatoms. The van der Waals surface area contributed by atoms with Gasteiger partial charge in [-0.15, -0.1) is 12.4 Å². The first-order valence-corrected chi connectivity index (χ1v) is 6.93. The Morgan fingerprint density at radius 2 is 2.00 bits per heavy atom. The fourth-order valence-corrected chi connectivity index (χ4v) is 2.66. The first-order valence-electron chi connectivity index (χ1n) is 6.93. The van der Waals surface area contributed by atoms with Crippen LogP contribution < -0.4 is 10.6 Å². The van der Waals surface area contributed by atoms with Crippen LogP contribution >= 0.6 is 12.4 Å². The normalized spacial score (nSPS) is 24.6. The van der Waals surface area contributed by atoms with Crippen molar-refractivity contribution in [3.8, 4) is 0 Å². The number of piperidine rings is 1. The van der Waals surface area contributed by atoms with Crippen LogP contribution in [-0.2, 0) is 9.53 Å². The highest BCUT2D eigenvalue weighted by Gasteiger charge is 2.17. The van der Waals surface area contributed by atoms with Gasteiger partial charge in [0.15, 0.2) is 0 Å². The molecule has 1 saturated heterocycles. The van der Waals surface area contributed by atoms with Crippen molar-refractivity contribution in [2.45, 2.75) is 44.6 Å². The minimum Gasteiger partial charge on any atom is -0.368 e. The molecule has 1 aliphatic carbocycles. The predicted molar refractivity (Wildman–Crippen MR) is 74.1 cm³/mol. The summed E-state index contributed by atoms with van der Waals surface area (Å²) in [4.78, 5) is 11.6. The second-order valence-electron chi connectivity index (χ2n) is 5.23. The number of carbonyl (C=O) groups excluding carboxylic acids is 1. The minimum atomic E-state index is 0. The van der Waals surface area contributed by atoms with Crippen molar-refractivity contribution in [2.24, 2.45) is 5.92 Å². The maximum absolute atomic E-state index is 11.6. The molecule has 0 aromatic heterocycles. The molecule has 2 aliphatic rings. The van der Waals surface area contributed by atoms with Crippen LogP contribution in [0.25, 0.3) is 0 Å². The highest BCUT2D eigenvalue weighted by molar-refractivity contribution is 5.85. The summed E-state index contributed by atoms with van der Waals surface area (Å²) in [6, 6.07) is 0. The Kier molecular flexibility index (Phi) is 7.63. The summed E-state index contributed by atoms with van der Waals surface area (Å²) in [6.07, 6.45) is 7.52. The lowest BCUT2D eigenvalue weighted by Gasteiger charge is -2.23. The van der Waals surface area contributed by atoms with Crippen LogP contribution in [0.4, 0.5) is 0 Å². The molecule has 0 spiro atoms. The lowest BCUT2D eigenvalue weighted by molar-refractivity contribution is -0.127. The summed E-state index contributed by atoms with van der Waals surface area (Å²) >= 11 is 0. The van der Waals surface area contributed by atoms with Gasteiger partial charge in [0.05, 0.1) is 6.10 Å². The highest BCUT2D eigenvalue weighted by Crippen LogP contribution is 2.20. The van der Waals surface area contributed by atoms with E-state index < -0.39 is 0 Å². The van der Waals surface area contributed by atoms with E-state index in [1.807, 2.05) is 0 Å². The number of amides is 1. The highest BCUT2D eigenvalue weighted by atomic mass is 35.5. The van der Waals surface area contributed by atoms with Crippen molar-refractivity contribution in [3.63, 3.8) is 0 Å². The summed E-state index contributed by atoms with van der Waals surface area (Å²) in [7, 11) is 0. The SMILES string of the molecule is Cl.O=C(COC1CCCC1)NCC1CCCNC1. The molecule has 4 nitrogen and oxygen atoms in total. The molecule has 1 unspecified atom stereocenters. The van der Waals surface area contributed by atoms with Crippen molar-refractivity contribution in [3.05, 3.63) is 0 Å². The Morgan fingerprint density at radius 3 is 2.67 bits per heavy atom. The van der Waals surface area contributed by atoms with Crippen LogP contribution in [0.15, 0.2) is 0 Å². The maximum atomic E-state index is 11.6.